The lowest BCUT2D eigenvalue weighted by atomic mass is 9.69. The van der Waals surface area contributed by atoms with Gasteiger partial charge in [0.2, 0.25) is 0 Å². The van der Waals surface area contributed by atoms with Crippen LogP contribution in [0.3, 0.4) is 0 Å². The maximum atomic E-state index is 13.6. The number of hydrogen-bond acceptors (Lipinski definition) is 7. The van der Waals surface area contributed by atoms with Crippen LogP contribution in [0.2, 0.25) is 0 Å². The Morgan fingerprint density at radius 1 is 1.19 bits per heavy atom. The zero-order valence-corrected chi connectivity index (χ0v) is 19.6. The van der Waals surface area contributed by atoms with E-state index in [0.717, 1.165) is 15.7 Å². The molecule has 1 aliphatic heterocycles. The molecule has 0 aromatic heterocycles. The van der Waals surface area contributed by atoms with Crippen molar-refractivity contribution in [3.63, 3.8) is 0 Å². The molecule has 3 rings (SSSR count). The van der Waals surface area contributed by atoms with Gasteiger partial charge in [0.1, 0.15) is 12.5 Å². The highest BCUT2D eigenvalue weighted by molar-refractivity contribution is 9.10. The Bertz CT molecular complexity index is 967. The molecule has 0 saturated heterocycles. The normalized spacial score (nSPS) is 23.3. The lowest BCUT2D eigenvalue weighted by molar-refractivity contribution is -0.151. The Morgan fingerprint density at radius 2 is 1.90 bits per heavy atom. The van der Waals surface area contributed by atoms with Crippen molar-refractivity contribution in [1.82, 2.24) is 5.32 Å². The highest BCUT2D eigenvalue weighted by Gasteiger charge is 2.47. The molecule has 1 N–H and O–H groups in total. The number of ether oxygens (including phenoxy) is 3. The molecule has 0 amide bonds. The van der Waals surface area contributed by atoms with Crippen LogP contribution < -0.4 is 5.32 Å². The number of hydrogen-bond donors (Lipinski definition) is 1. The van der Waals surface area contributed by atoms with Gasteiger partial charge in [-0.1, -0.05) is 41.1 Å². The zero-order chi connectivity index (χ0) is 22.7. The molecule has 0 fully saturated rings. The monoisotopic (exact) mass is 491 g/mol. The van der Waals surface area contributed by atoms with E-state index in [-0.39, 0.29) is 24.9 Å². The van der Waals surface area contributed by atoms with Gasteiger partial charge in [-0.15, -0.1) is 0 Å². The molecule has 31 heavy (non-hydrogen) atoms. The number of rotatable bonds is 6. The third-order valence-electron chi connectivity index (χ3n) is 5.70. The van der Waals surface area contributed by atoms with Crippen LogP contribution in [0.4, 0.5) is 0 Å². The molecule has 1 aromatic rings. The first-order valence-corrected chi connectivity index (χ1v) is 10.8. The molecule has 2 aliphatic rings. The summed E-state index contributed by atoms with van der Waals surface area (Å²) in [6.45, 7) is 4.00. The minimum atomic E-state index is -0.917. The van der Waals surface area contributed by atoms with Gasteiger partial charge >= 0.3 is 11.9 Å². The second kappa shape index (κ2) is 9.78. The number of allylic oxidation sites excluding steroid dienone is 3. The Labute approximate surface area is 189 Å². The van der Waals surface area contributed by atoms with E-state index in [1.54, 1.807) is 6.92 Å². The minimum Gasteiger partial charge on any atom is -0.468 e. The van der Waals surface area contributed by atoms with Crippen molar-refractivity contribution >= 4 is 33.7 Å². The largest absolute Gasteiger partial charge is 0.468 e. The Hall–Kier alpha value is -2.45. The number of nitrogens with one attached hydrogen (secondary N) is 1. The van der Waals surface area contributed by atoms with E-state index < -0.39 is 23.8 Å². The molecule has 166 valence electrons. The number of esters is 2. The van der Waals surface area contributed by atoms with Gasteiger partial charge in [0.05, 0.1) is 19.3 Å². The van der Waals surface area contributed by atoms with Crippen molar-refractivity contribution in [3.05, 3.63) is 56.8 Å². The quantitative estimate of drug-likeness (QED) is 0.371. The second-order valence-corrected chi connectivity index (χ2v) is 8.54. The molecule has 1 heterocycles. The predicted molar refractivity (Wildman–Crippen MR) is 117 cm³/mol. The predicted octanol–water partition coefficient (Wildman–Crippen LogP) is 3.25. The van der Waals surface area contributed by atoms with E-state index in [0.29, 0.717) is 23.3 Å². The lowest BCUT2D eigenvalue weighted by Crippen LogP contribution is -2.43. The average Bonchev–Trinajstić information content (AvgIpc) is 2.73. The smallest absolute Gasteiger partial charge is 0.336 e. The van der Waals surface area contributed by atoms with Crippen LogP contribution >= 0.6 is 15.9 Å². The summed E-state index contributed by atoms with van der Waals surface area (Å²) in [6, 6.07) is 7.42. The summed E-state index contributed by atoms with van der Waals surface area (Å²) >= 11 is 3.56. The van der Waals surface area contributed by atoms with Crippen molar-refractivity contribution in [2.75, 3.05) is 27.4 Å². The Morgan fingerprint density at radius 3 is 2.55 bits per heavy atom. The average molecular weight is 492 g/mol. The van der Waals surface area contributed by atoms with E-state index >= 15 is 0 Å². The molecular formula is C23H26BrNO6. The Kier molecular flexibility index (Phi) is 7.33. The number of carbonyl (C=O) groups excluding carboxylic acids is 3. The second-order valence-electron chi connectivity index (χ2n) is 7.69. The molecular weight excluding hydrogens is 466 g/mol. The number of dihydropyridines is 1. The summed E-state index contributed by atoms with van der Waals surface area (Å²) < 4.78 is 16.0. The maximum absolute atomic E-state index is 13.6. The van der Waals surface area contributed by atoms with Gasteiger partial charge in [0.25, 0.3) is 0 Å². The molecule has 0 spiro atoms. The fourth-order valence-corrected chi connectivity index (χ4v) is 4.78. The third-order valence-corrected chi connectivity index (χ3v) is 6.42. The van der Waals surface area contributed by atoms with E-state index in [4.69, 9.17) is 14.2 Å². The molecule has 1 aromatic carbocycles. The fourth-order valence-electron chi connectivity index (χ4n) is 4.27. The summed E-state index contributed by atoms with van der Waals surface area (Å²) in [7, 11) is 2.80. The standard InChI is InChI=1S/C23H26BrNO6/c1-12-11-16-20(21(26)17(12)22(27)30-4)19(14-7-5-6-8-15(14)24)18(13(2)25-16)23(28)31-10-9-29-3/h5-8,12,17,19,25H,9-11H2,1-4H3/t12-,17+,19-/m1/s1. The number of benzene rings is 1. The van der Waals surface area contributed by atoms with Crippen molar-refractivity contribution < 1.29 is 28.6 Å². The van der Waals surface area contributed by atoms with Crippen molar-refractivity contribution in [2.45, 2.75) is 26.2 Å². The summed E-state index contributed by atoms with van der Waals surface area (Å²) in [5, 5.41) is 3.24. The van der Waals surface area contributed by atoms with E-state index in [1.807, 2.05) is 31.2 Å². The highest BCUT2D eigenvalue weighted by Crippen LogP contribution is 2.46. The molecule has 3 atom stereocenters. The van der Waals surface area contributed by atoms with Crippen LogP contribution in [0, 0.1) is 11.8 Å². The maximum Gasteiger partial charge on any atom is 0.336 e. The van der Waals surface area contributed by atoms with Crippen LogP contribution in [0.5, 0.6) is 0 Å². The number of ketones is 1. The van der Waals surface area contributed by atoms with Gasteiger partial charge in [0, 0.05) is 34.5 Å². The SMILES string of the molecule is COCCOC(=O)C1=C(C)NC2=C(C(=O)[C@@H](C(=O)OC)[C@H](C)C2)[C@@H]1c1ccccc1Br. The van der Waals surface area contributed by atoms with Gasteiger partial charge in [0.15, 0.2) is 5.78 Å². The number of Topliss-reactive ketones (excluding diaryl/α,β-unsaturated/α-hetero) is 1. The first kappa shape index (κ1) is 23.2. The number of halogens is 1. The summed E-state index contributed by atoms with van der Waals surface area (Å²) in [6.07, 6.45) is 0.491. The molecule has 0 bridgehead atoms. The molecule has 0 radical (unpaired) electrons. The van der Waals surface area contributed by atoms with Crippen LogP contribution in [0.1, 0.15) is 31.7 Å². The van der Waals surface area contributed by atoms with Gasteiger partial charge in [-0.05, 0) is 30.9 Å². The molecule has 1 aliphatic carbocycles. The van der Waals surface area contributed by atoms with Gasteiger partial charge < -0.3 is 19.5 Å². The minimum absolute atomic E-state index is 0.0937. The highest BCUT2D eigenvalue weighted by atomic mass is 79.9. The van der Waals surface area contributed by atoms with Gasteiger partial charge in [-0.3, -0.25) is 9.59 Å². The fraction of sp³-hybridized carbons (Fsp3) is 0.435. The first-order valence-electron chi connectivity index (χ1n) is 10.0. The van der Waals surface area contributed by atoms with Crippen LogP contribution in [-0.2, 0) is 28.6 Å². The Balaban J connectivity index is 2.14. The van der Waals surface area contributed by atoms with E-state index in [1.165, 1.54) is 14.2 Å². The van der Waals surface area contributed by atoms with Crippen LogP contribution in [-0.4, -0.2) is 45.2 Å². The van der Waals surface area contributed by atoms with Crippen LogP contribution in [0.15, 0.2) is 51.3 Å². The van der Waals surface area contributed by atoms with Crippen molar-refractivity contribution in [3.8, 4) is 0 Å². The zero-order valence-electron chi connectivity index (χ0n) is 18.0. The summed E-state index contributed by atoms with van der Waals surface area (Å²) in [5.41, 5.74) is 2.85. The summed E-state index contributed by atoms with van der Waals surface area (Å²) in [5.74, 6) is -3.24. The van der Waals surface area contributed by atoms with Crippen molar-refractivity contribution in [1.29, 1.82) is 0 Å². The molecule has 0 unspecified atom stereocenters. The van der Waals surface area contributed by atoms with Crippen molar-refractivity contribution in [2.24, 2.45) is 11.8 Å². The molecule has 7 nitrogen and oxygen atoms in total. The summed E-state index contributed by atoms with van der Waals surface area (Å²) in [4.78, 5) is 39.1. The van der Waals surface area contributed by atoms with Gasteiger partial charge in [-0.25, -0.2) is 4.79 Å². The van der Waals surface area contributed by atoms with E-state index in [2.05, 4.69) is 21.2 Å². The van der Waals surface area contributed by atoms with Crippen LogP contribution in [0.25, 0.3) is 0 Å². The topological polar surface area (TPSA) is 90.9 Å². The third kappa shape index (κ3) is 4.45. The molecule has 8 heteroatoms. The van der Waals surface area contributed by atoms with Gasteiger partial charge in [-0.2, -0.15) is 0 Å². The van der Waals surface area contributed by atoms with E-state index in [9.17, 15) is 14.4 Å². The molecule has 0 saturated carbocycles. The number of methoxy groups -OCH3 is 2. The lowest BCUT2D eigenvalue weighted by Gasteiger charge is -2.38. The number of carbonyl (C=O) groups is 3. The first-order chi connectivity index (χ1) is 14.8.